The molecule has 0 radical (unpaired) electrons. The van der Waals surface area contributed by atoms with E-state index in [-0.39, 0.29) is 0 Å². The van der Waals surface area contributed by atoms with Crippen LogP contribution in [0.15, 0.2) is 0 Å². The van der Waals surface area contributed by atoms with Crippen LogP contribution >= 0.6 is 8.25 Å². The highest BCUT2D eigenvalue weighted by molar-refractivity contribution is 7.33. The summed E-state index contributed by atoms with van der Waals surface area (Å²) in [5.74, 6) is 0. The molecule has 0 aliphatic rings. The van der Waals surface area contributed by atoms with Crippen LogP contribution in [0.2, 0.25) is 0 Å². The molecule has 0 bridgehead atoms. The molecule has 50 valence electrons. The largest absolute Gasteiger partial charge is 0.761 e. The fourth-order valence-corrected chi connectivity index (χ4v) is 0.677. The lowest BCUT2D eigenvalue weighted by Gasteiger charge is -1.79. The van der Waals surface area contributed by atoms with Gasteiger partial charge in [0.15, 0.2) is 0 Å². The summed E-state index contributed by atoms with van der Waals surface area (Å²) in [6.45, 7) is 2.23. The average molecular weight is 148 g/mol. The first-order valence-electron chi connectivity index (χ1n) is 2.47. The van der Waals surface area contributed by atoms with Gasteiger partial charge in [-0.15, -0.1) is 14.3 Å². The van der Waals surface area contributed by atoms with Gasteiger partial charge >= 0.3 is 14.5 Å². The molecule has 1 atom stereocenters. The van der Waals surface area contributed by atoms with Gasteiger partial charge in [-0.05, 0) is 6.42 Å². The SMILES string of the molecule is CCCO[P+](=O)OC#N. The first-order valence-corrected chi connectivity index (χ1v) is 3.57. The quantitative estimate of drug-likeness (QED) is 0.448. The molecular formula is C4H7NO3P+. The summed E-state index contributed by atoms with van der Waals surface area (Å²) in [5, 5.41) is 7.80. The van der Waals surface area contributed by atoms with E-state index in [2.05, 4.69) is 9.05 Å². The van der Waals surface area contributed by atoms with E-state index in [9.17, 15) is 4.57 Å². The van der Waals surface area contributed by atoms with E-state index in [0.717, 1.165) is 6.42 Å². The molecule has 0 aromatic rings. The number of hydrogen-bond acceptors (Lipinski definition) is 4. The van der Waals surface area contributed by atoms with Crippen molar-refractivity contribution in [1.29, 1.82) is 5.26 Å². The van der Waals surface area contributed by atoms with E-state index in [4.69, 9.17) is 5.26 Å². The van der Waals surface area contributed by atoms with Gasteiger partial charge in [-0.25, -0.2) is 0 Å². The summed E-state index contributed by atoms with van der Waals surface area (Å²) in [7, 11) is -2.20. The minimum Gasteiger partial charge on any atom is -0.145 e. The molecule has 0 heterocycles. The van der Waals surface area contributed by atoms with E-state index in [1.807, 2.05) is 6.92 Å². The Balaban J connectivity index is 3.19. The lowest BCUT2D eigenvalue weighted by molar-refractivity contribution is 0.277. The number of hydrogen-bond donors (Lipinski definition) is 0. The smallest absolute Gasteiger partial charge is 0.145 e. The van der Waals surface area contributed by atoms with Crippen molar-refractivity contribution in [3.63, 3.8) is 0 Å². The first kappa shape index (κ1) is 8.35. The van der Waals surface area contributed by atoms with Crippen molar-refractivity contribution < 1.29 is 13.6 Å². The zero-order valence-corrected chi connectivity index (χ0v) is 5.93. The summed E-state index contributed by atoms with van der Waals surface area (Å²) in [4.78, 5) is 0. The van der Waals surface area contributed by atoms with Gasteiger partial charge in [-0.1, -0.05) is 6.92 Å². The van der Waals surface area contributed by atoms with Crippen LogP contribution in [0.5, 0.6) is 0 Å². The highest BCUT2D eigenvalue weighted by Gasteiger charge is 2.19. The maximum Gasteiger partial charge on any atom is 0.761 e. The molecular weight excluding hydrogens is 141 g/mol. The van der Waals surface area contributed by atoms with Crippen LogP contribution in [0.3, 0.4) is 0 Å². The summed E-state index contributed by atoms with van der Waals surface area (Å²) < 4.78 is 18.7. The van der Waals surface area contributed by atoms with Gasteiger partial charge in [-0.3, -0.25) is 0 Å². The molecule has 0 aliphatic carbocycles. The minimum absolute atomic E-state index is 0.358. The second-order valence-electron chi connectivity index (χ2n) is 1.24. The van der Waals surface area contributed by atoms with Crippen molar-refractivity contribution in [2.24, 2.45) is 0 Å². The van der Waals surface area contributed by atoms with Gasteiger partial charge in [0.2, 0.25) is 0 Å². The van der Waals surface area contributed by atoms with Crippen LogP contribution < -0.4 is 0 Å². The number of nitriles is 1. The molecule has 0 fully saturated rings. The van der Waals surface area contributed by atoms with Gasteiger partial charge in [0.25, 0.3) is 0 Å². The summed E-state index contributed by atoms with van der Waals surface area (Å²) >= 11 is 0. The van der Waals surface area contributed by atoms with Crippen LogP contribution in [0, 0.1) is 11.5 Å². The zero-order valence-electron chi connectivity index (χ0n) is 5.03. The Hall–Kier alpha value is -0.650. The standard InChI is InChI=1S/C4H7NO3P/c1-2-3-7-9(6)8-4-5/h2-3H2,1H3/q+1. The highest BCUT2D eigenvalue weighted by Crippen LogP contribution is 2.22. The monoisotopic (exact) mass is 148 g/mol. The van der Waals surface area contributed by atoms with Crippen molar-refractivity contribution in [2.75, 3.05) is 6.61 Å². The average Bonchev–Trinajstić information content (AvgIpc) is 1.85. The molecule has 1 unspecified atom stereocenters. The Labute approximate surface area is 54.3 Å². The Morgan fingerprint density at radius 1 is 1.78 bits per heavy atom. The van der Waals surface area contributed by atoms with Crippen LogP contribution in [0.4, 0.5) is 0 Å². The first-order chi connectivity index (χ1) is 4.31. The second-order valence-corrected chi connectivity index (χ2v) is 2.13. The third-order valence-corrected chi connectivity index (χ3v) is 1.14. The molecule has 5 heteroatoms. The van der Waals surface area contributed by atoms with Crippen molar-refractivity contribution >= 4 is 8.25 Å². The molecule has 0 saturated carbocycles. The molecule has 0 aromatic carbocycles. The third-order valence-electron chi connectivity index (χ3n) is 0.516. The van der Waals surface area contributed by atoms with Crippen LogP contribution in [-0.2, 0) is 13.6 Å². The van der Waals surface area contributed by atoms with Crippen molar-refractivity contribution in [3.8, 4) is 6.26 Å². The van der Waals surface area contributed by atoms with E-state index in [1.54, 1.807) is 0 Å². The van der Waals surface area contributed by atoms with Crippen molar-refractivity contribution in [3.05, 3.63) is 0 Å². The lowest BCUT2D eigenvalue weighted by Crippen LogP contribution is -1.82. The van der Waals surface area contributed by atoms with Gasteiger partial charge in [0, 0.05) is 4.57 Å². The van der Waals surface area contributed by atoms with E-state index < -0.39 is 8.25 Å². The fraction of sp³-hybridized carbons (Fsp3) is 0.750. The Kier molecular flexibility index (Phi) is 5.09. The van der Waals surface area contributed by atoms with Gasteiger partial charge < -0.3 is 0 Å². The molecule has 9 heavy (non-hydrogen) atoms. The summed E-state index contributed by atoms with van der Waals surface area (Å²) in [6, 6.07) is 0. The number of nitrogens with zero attached hydrogens (tertiary/aromatic N) is 1. The number of rotatable bonds is 4. The second kappa shape index (κ2) is 5.49. The Morgan fingerprint density at radius 3 is 2.89 bits per heavy atom. The van der Waals surface area contributed by atoms with Crippen LogP contribution in [0.1, 0.15) is 13.3 Å². The Morgan fingerprint density at radius 2 is 2.44 bits per heavy atom. The van der Waals surface area contributed by atoms with E-state index >= 15 is 0 Å². The van der Waals surface area contributed by atoms with Crippen molar-refractivity contribution in [2.45, 2.75) is 13.3 Å². The molecule has 0 aliphatic heterocycles. The third kappa shape index (κ3) is 5.22. The van der Waals surface area contributed by atoms with Crippen molar-refractivity contribution in [1.82, 2.24) is 0 Å². The van der Waals surface area contributed by atoms with E-state index in [0.29, 0.717) is 6.61 Å². The lowest BCUT2D eigenvalue weighted by atomic mass is 10.5. The maximum atomic E-state index is 10.3. The van der Waals surface area contributed by atoms with Crippen LogP contribution in [-0.4, -0.2) is 6.61 Å². The predicted octanol–water partition coefficient (Wildman–Crippen LogP) is 1.57. The molecule has 0 aromatic heterocycles. The van der Waals surface area contributed by atoms with Crippen LogP contribution in [0.25, 0.3) is 0 Å². The minimum atomic E-state index is -2.20. The van der Waals surface area contributed by atoms with Gasteiger partial charge in [0.1, 0.15) is 6.61 Å². The van der Waals surface area contributed by atoms with E-state index in [1.165, 1.54) is 6.26 Å². The fourth-order valence-electron chi connectivity index (χ4n) is 0.226. The normalized spacial score (nSPS) is 10.0. The van der Waals surface area contributed by atoms with Gasteiger partial charge in [0.05, 0.1) is 0 Å². The maximum absolute atomic E-state index is 10.3. The molecule has 0 N–H and O–H groups in total. The molecule has 0 rings (SSSR count). The Bertz CT molecular complexity index is 130. The topological polar surface area (TPSA) is 59.3 Å². The highest BCUT2D eigenvalue weighted by atomic mass is 31.1. The summed E-state index contributed by atoms with van der Waals surface area (Å²) in [5.41, 5.74) is 0. The van der Waals surface area contributed by atoms with Gasteiger partial charge in [-0.2, -0.15) is 0 Å². The predicted molar refractivity (Wildman–Crippen MR) is 30.5 cm³/mol. The summed E-state index contributed by atoms with van der Waals surface area (Å²) in [6.07, 6.45) is 2.03. The zero-order chi connectivity index (χ0) is 7.11. The molecule has 0 spiro atoms. The molecule has 0 amide bonds. The molecule has 4 nitrogen and oxygen atoms in total. The molecule has 0 saturated heterocycles.